The van der Waals surface area contributed by atoms with E-state index in [1.807, 2.05) is 11.3 Å². The molecule has 9 aromatic rings. The molecule has 0 bridgehead atoms. The molecule has 1 aliphatic heterocycles. The van der Waals surface area contributed by atoms with Crippen LogP contribution in [0.5, 0.6) is 11.5 Å². The van der Waals surface area contributed by atoms with Crippen molar-refractivity contribution in [2.45, 2.75) is 5.41 Å². The summed E-state index contributed by atoms with van der Waals surface area (Å²) in [6.45, 7) is 0. The van der Waals surface area contributed by atoms with Crippen molar-refractivity contribution in [3.63, 3.8) is 0 Å². The van der Waals surface area contributed by atoms with E-state index in [2.05, 4.69) is 193 Å². The van der Waals surface area contributed by atoms with E-state index in [-0.39, 0.29) is 0 Å². The van der Waals surface area contributed by atoms with Crippen LogP contribution in [0.25, 0.3) is 42.4 Å². The maximum Gasteiger partial charge on any atom is 0.132 e. The summed E-state index contributed by atoms with van der Waals surface area (Å²) in [5, 5.41) is 2.53. The molecule has 11 rings (SSSR count). The Balaban J connectivity index is 1.22. The van der Waals surface area contributed by atoms with Crippen molar-refractivity contribution in [2.24, 2.45) is 0 Å². The van der Waals surface area contributed by atoms with Gasteiger partial charge >= 0.3 is 0 Å². The van der Waals surface area contributed by atoms with Crippen molar-refractivity contribution in [1.29, 1.82) is 0 Å². The maximum absolute atomic E-state index is 6.80. The van der Waals surface area contributed by atoms with Gasteiger partial charge in [-0.3, -0.25) is 0 Å². The zero-order valence-corrected chi connectivity index (χ0v) is 29.0. The molecular weight excluding hydrogens is 651 g/mol. The summed E-state index contributed by atoms with van der Waals surface area (Å²) < 4.78 is 9.37. The number of ether oxygens (including phenoxy) is 1. The summed E-state index contributed by atoms with van der Waals surface area (Å²) in [6, 6.07) is 68.2. The number of benzene rings is 8. The summed E-state index contributed by atoms with van der Waals surface area (Å²) in [5.41, 5.74) is 12.7. The van der Waals surface area contributed by atoms with Crippen LogP contribution in [0.1, 0.15) is 22.3 Å². The highest BCUT2D eigenvalue weighted by molar-refractivity contribution is 7.26. The first-order valence-corrected chi connectivity index (χ1v) is 18.6. The van der Waals surface area contributed by atoms with Crippen LogP contribution >= 0.6 is 11.3 Å². The van der Waals surface area contributed by atoms with Crippen molar-refractivity contribution < 1.29 is 4.74 Å². The molecule has 1 spiro atoms. The minimum absolute atomic E-state index is 0.544. The van der Waals surface area contributed by atoms with Gasteiger partial charge in [-0.15, -0.1) is 11.3 Å². The molecule has 52 heavy (non-hydrogen) atoms. The van der Waals surface area contributed by atoms with Crippen LogP contribution in [0.4, 0.5) is 17.1 Å². The lowest BCUT2D eigenvalue weighted by atomic mass is 9.66. The topological polar surface area (TPSA) is 12.5 Å². The zero-order valence-electron chi connectivity index (χ0n) is 28.2. The molecule has 2 nitrogen and oxygen atoms in total. The first-order valence-electron chi connectivity index (χ1n) is 17.8. The summed E-state index contributed by atoms with van der Waals surface area (Å²) in [7, 11) is 0. The lowest BCUT2D eigenvalue weighted by Crippen LogP contribution is -2.32. The Labute approximate surface area is 306 Å². The van der Waals surface area contributed by atoms with Gasteiger partial charge in [0.25, 0.3) is 0 Å². The number of nitrogens with zero attached hydrogens (tertiary/aromatic N) is 1. The van der Waals surface area contributed by atoms with Crippen LogP contribution in [0, 0.1) is 0 Å². The van der Waals surface area contributed by atoms with E-state index >= 15 is 0 Å². The molecule has 2 aliphatic rings. The monoisotopic (exact) mass is 681 g/mol. The Kier molecular flexibility index (Phi) is 6.37. The second kappa shape index (κ2) is 11.3. The molecule has 0 fully saturated rings. The second-order valence-corrected chi connectivity index (χ2v) is 14.6. The van der Waals surface area contributed by atoms with Gasteiger partial charge in [-0.05, 0) is 81.9 Å². The molecule has 0 amide bonds. The molecule has 2 heterocycles. The summed E-state index contributed by atoms with van der Waals surface area (Å²) >= 11 is 1.87. The Bertz CT molecular complexity index is 2790. The molecule has 1 aromatic heterocycles. The Morgan fingerprint density at radius 2 is 1.06 bits per heavy atom. The van der Waals surface area contributed by atoms with Crippen LogP contribution in [0.3, 0.4) is 0 Å². The highest BCUT2D eigenvalue weighted by Gasteiger charge is 2.51. The van der Waals surface area contributed by atoms with E-state index < -0.39 is 5.41 Å². The van der Waals surface area contributed by atoms with E-state index in [1.54, 1.807) is 0 Å². The van der Waals surface area contributed by atoms with Gasteiger partial charge in [0.2, 0.25) is 0 Å². The summed E-state index contributed by atoms with van der Waals surface area (Å²) in [5.74, 6) is 1.78. The van der Waals surface area contributed by atoms with Crippen LogP contribution in [-0.2, 0) is 5.41 Å². The fourth-order valence-corrected chi connectivity index (χ4v) is 10.1. The predicted octanol–water partition coefficient (Wildman–Crippen LogP) is 13.7. The average molecular weight is 682 g/mol. The number of fused-ring (bicyclic) bond motifs is 12. The number of thiophene rings is 1. The van der Waals surface area contributed by atoms with Gasteiger partial charge in [-0.1, -0.05) is 140 Å². The van der Waals surface area contributed by atoms with Crippen LogP contribution in [0.2, 0.25) is 0 Å². The summed E-state index contributed by atoms with van der Waals surface area (Å²) in [4.78, 5) is 2.44. The molecular formula is C49H31NOS. The number of anilines is 3. The van der Waals surface area contributed by atoms with E-state index in [1.165, 1.54) is 59.1 Å². The van der Waals surface area contributed by atoms with E-state index in [9.17, 15) is 0 Å². The Morgan fingerprint density at radius 3 is 1.83 bits per heavy atom. The summed E-state index contributed by atoms with van der Waals surface area (Å²) in [6.07, 6.45) is 0. The predicted molar refractivity (Wildman–Crippen MR) is 217 cm³/mol. The zero-order chi connectivity index (χ0) is 34.2. The third-order valence-electron chi connectivity index (χ3n) is 10.9. The minimum Gasteiger partial charge on any atom is -0.457 e. The Morgan fingerprint density at radius 1 is 0.442 bits per heavy atom. The first kappa shape index (κ1) is 29.3. The first-order chi connectivity index (χ1) is 25.8. The van der Waals surface area contributed by atoms with Gasteiger partial charge in [0.15, 0.2) is 0 Å². The minimum atomic E-state index is -0.544. The van der Waals surface area contributed by atoms with E-state index in [0.717, 1.165) is 34.1 Å². The average Bonchev–Trinajstić information content (AvgIpc) is 3.74. The van der Waals surface area contributed by atoms with Crippen molar-refractivity contribution >= 4 is 48.6 Å². The molecule has 0 saturated heterocycles. The van der Waals surface area contributed by atoms with Gasteiger partial charge < -0.3 is 9.64 Å². The normalized spacial score (nSPS) is 13.3. The smallest absolute Gasteiger partial charge is 0.132 e. The van der Waals surface area contributed by atoms with Crippen LogP contribution in [-0.4, -0.2) is 0 Å². The van der Waals surface area contributed by atoms with Crippen molar-refractivity contribution in [1.82, 2.24) is 0 Å². The second-order valence-electron chi connectivity index (χ2n) is 13.6. The van der Waals surface area contributed by atoms with E-state index in [0.29, 0.717) is 0 Å². The molecule has 3 heteroatoms. The Hall–Kier alpha value is -6.42. The molecule has 0 N–H and O–H groups in total. The molecule has 244 valence electrons. The fraction of sp³-hybridized carbons (Fsp3) is 0.0204. The lowest BCUT2D eigenvalue weighted by Gasteiger charge is -2.40. The third kappa shape index (κ3) is 4.06. The number of para-hydroxylation sites is 2. The highest BCUT2D eigenvalue weighted by atomic mass is 32.1. The van der Waals surface area contributed by atoms with Crippen molar-refractivity contribution in [3.8, 4) is 33.8 Å². The van der Waals surface area contributed by atoms with Crippen LogP contribution < -0.4 is 9.64 Å². The molecule has 0 saturated carbocycles. The van der Waals surface area contributed by atoms with E-state index in [4.69, 9.17) is 4.74 Å². The van der Waals surface area contributed by atoms with Gasteiger partial charge in [-0.25, -0.2) is 0 Å². The standard InChI is InChI=1S/C49H31NOS/c1-3-15-32(16-4-1)35-28-29-43(47-38-21-9-14-26-46(38)52-48(35)47)50(33-17-5-2-6-18-33)34-27-30-45-42(31-34)49(41-24-12-13-25-44(41)51-45)39-22-10-7-19-36(39)37-20-8-11-23-40(37)49/h1-31H. The fourth-order valence-electron chi connectivity index (χ4n) is 8.83. The third-order valence-corrected chi connectivity index (χ3v) is 12.1. The largest absolute Gasteiger partial charge is 0.457 e. The maximum atomic E-state index is 6.80. The van der Waals surface area contributed by atoms with Gasteiger partial charge in [0.05, 0.1) is 11.1 Å². The molecule has 0 radical (unpaired) electrons. The molecule has 0 unspecified atom stereocenters. The van der Waals surface area contributed by atoms with Crippen molar-refractivity contribution in [2.75, 3.05) is 4.90 Å². The van der Waals surface area contributed by atoms with Gasteiger partial charge in [0, 0.05) is 42.7 Å². The SMILES string of the molecule is c1ccc(-c2ccc(N(c3ccccc3)c3ccc4c(c3)C3(c5ccccc5O4)c4ccccc4-c4ccccc43)c3c2sc2ccccc23)cc1. The number of hydrogen-bond acceptors (Lipinski definition) is 3. The molecule has 1 aliphatic carbocycles. The molecule has 8 aromatic carbocycles. The number of rotatable bonds is 4. The molecule has 0 atom stereocenters. The lowest BCUT2D eigenvalue weighted by molar-refractivity contribution is 0.436. The van der Waals surface area contributed by atoms with Gasteiger partial charge in [0.1, 0.15) is 11.5 Å². The quantitative estimate of drug-likeness (QED) is 0.183. The van der Waals surface area contributed by atoms with Crippen LogP contribution in [0.15, 0.2) is 188 Å². The van der Waals surface area contributed by atoms with Gasteiger partial charge in [-0.2, -0.15) is 0 Å². The number of hydrogen-bond donors (Lipinski definition) is 0. The van der Waals surface area contributed by atoms with Crippen molar-refractivity contribution in [3.05, 3.63) is 210 Å². The highest BCUT2D eigenvalue weighted by Crippen LogP contribution is 2.62.